The fourth-order valence-electron chi connectivity index (χ4n) is 2.60. The van der Waals surface area contributed by atoms with Crippen LogP contribution in [0.2, 0.25) is 0 Å². The SMILES string of the molecule is COC(=O)c1ccc(NC(=O)C2(c3ccc(Br)cc3)CC2)cc1. The highest BCUT2D eigenvalue weighted by atomic mass is 79.9. The highest BCUT2D eigenvalue weighted by Crippen LogP contribution is 2.49. The van der Waals surface area contributed by atoms with Gasteiger partial charge in [-0.3, -0.25) is 4.79 Å². The molecule has 4 nitrogen and oxygen atoms in total. The molecule has 2 aromatic carbocycles. The van der Waals surface area contributed by atoms with Gasteiger partial charge >= 0.3 is 5.97 Å². The fourth-order valence-corrected chi connectivity index (χ4v) is 2.86. The maximum Gasteiger partial charge on any atom is 0.337 e. The Morgan fingerprint density at radius 3 is 2.17 bits per heavy atom. The molecule has 118 valence electrons. The van der Waals surface area contributed by atoms with E-state index in [1.54, 1.807) is 24.3 Å². The van der Waals surface area contributed by atoms with Gasteiger partial charge in [-0.2, -0.15) is 0 Å². The van der Waals surface area contributed by atoms with E-state index in [1.165, 1.54) is 7.11 Å². The average molecular weight is 374 g/mol. The van der Waals surface area contributed by atoms with Crippen LogP contribution < -0.4 is 5.32 Å². The molecule has 0 aliphatic heterocycles. The molecule has 23 heavy (non-hydrogen) atoms. The largest absolute Gasteiger partial charge is 0.465 e. The van der Waals surface area contributed by atoms with Crippen LogP contribution in [0, 0.1) is 0 Å². The topological polar surface area (TPSA) is 55.4 Å². The first kappa shape index (κ1) is 15.7. The summed E-state index contributed by atoms with van der Waals surface area (Å²) in [6, 6.07) is 14.6. The fraction of sp³-hybridized carbons (Fsp3) is 0.222. The standard InChI is InChI=1S/C18H16BrNO3/c1-23-16(21)12-2-8-15(9-3-12)20-17(22)18(10-11-18)13-4-6-14(19)7-5-13/h2-9H,10-11H2,1H3,(H,20,22). The van der Waals surface area contributed by atoms with Crippen molar-refractivity contribution < 1.29 is 14.3 Å². The average Bonchev–Trinajstić information content (AvgIpc) is 3.37. The second-order valence-corrected chi connectivity index (χ2v) is 6.53. The highest BCUT2D eigenvalue weighted by Gasteiger charge is 2.51. The molecule has 0 radical (unpaired) electrons. The molecule has 0 unspecified atom stereocenters. The molecule has 3 rings (SSSR count). The van der Waals surface area contributed by atoms with Crippen molar-refractivity contribution in [1.29, 1.82) is 0 Å². The van der Waals surface area contributed by atoms with Crippen LogP contribution in [-0.4, -0.2) is 19.0 Å². The maximum absolute atomic E-state index is 12.6. The minimum absolute atomic E-state index is 0.00867. The van der Waals surface area contributed by atoms with Gasteiger partial charge in [0.15, 0.2) is 0 Å². The van der Waals surface area contributed by atoms with Gasteiger partial charge < -0.3 is 10.1 Å². The Morgan fingerprint density at radius 1 is 1.04 bits per heavy atom. The van der Waals surface area contributed by atoms with Gasteiger partial charge in [0.1, 0.15) is 0 Å². The van der Waals surface area contributed by atoms with E-state index in [9.17, 15) is 9.59 Å². The van der Waals surface area contributed by atoms with E-state index in [4.69, 9.17) is 0 Å². The Labute approximate surface area is 143 Å². The highest BCUT2D eigenvalue weighted by molar-refractivity contribution is 9.10. The normalized spacial score (nSPS) is 14.9. The summed E-state index contributed by atoms with van der Waals surface area (Å²) in [6.45, 7) is 0. The first-order valence-corrected chi connectivity index (χ1v) is 8.10. The molecule has 1 amide bonds. The molecule has 0 heterocycles. The van der Waals surface area contributed by atoms with Crippen molar-refractivity contribution in [2.45, 2.75) is 18.3 Å². The predicted octanol–water partition coefficient (Wildman–Crippen LogP) is 3.91. The van der Waals surface area contributed by atoms with Gasteiger partial charge in [0.25, 0.3) is 0 Å². The van der Waals surface area contributed by atoms with Crippen molar-refractivity contribution in [3.63, 3.8) is 0 Å². The van der Waals surface area contributed by atoms with Gasteiger partial charge in [-0.05, 0) is 54.8 Å². The van der Waals surface area contributed by atoms with Crippen molar-refractivity contribution in [1.82, 2.24) is 0 Å². The van der Waals surface area contributed by atoms with Crippen LogP contribution in [0.25, 0.3) is 0 Å². The van der Waals surface area contributed by atoms with Gasteiger partial charge in [0.05, 0.1) is 18.1 Å². The molecule has 2 aromatic rings. The number of esters is 1. The van der Waals surface area contributed by atoms with Gasteiger partial charge in [0, 0.05) is 10.2 Å². The lowest BCUT2D eigenvalue weighted by atomic mass is 9.95. The van der Waals surface area contributed by atoms with Gasteiger partial charge in [-0.1, -0.05) is 28.1 Å². The molecule has 0 bridgehead atoms. The molecule has 0 atom stereocenters. The number of carbonyl (C=O) groups is 2. The first-order chi connectivity index (χ1) is 11.0. The van der Waals surface area contributed by atoms with Crippen LogP contribution >= 0.6 is 15.9 Å². The molecule has 1 N–H and O–H groups in total. The zero-order valence-corrected chi connectivity index (χ0v) is 14.2. The van der Waals surface area contributed by atoms with E-state index in [0.29, 0.717) is 11.3 Å². The number of rotatable bonds is 4. The molecule has 1 saturated carbocycles. The van der Waals surface area contributed by atoms with Crippen LogP contribution in [0.1, 0.15) is 28.8 Å². The summed E-state index contributed by atoms with van der Waals surface area (Å²) in [5.41, 5.74) is 1.73. The second kappa shape index (κ2) is 6.16. The van der Waals surface area contributed by atoms with Crippen molar-refractivity contribution in [2.24, 2.45) is 0 Å². The molecule has 0 spiro atoms. The third-order valence-electron chi connectivity index (χ3n) is 4.15. The summed E-state index contributed by atoms with van der Waals surface area (Å²) >= 11 is 3.41. The van der Waals surface area contributed by atoms with E-state index in [-0.39, 0.29) is 5.91 Å². The third kappa shape index (κ3) is 3.15. The van der Waals surface area contributed by atoms with Gasteiger partial charge in [-0.15, -0.1) is 0 Å². The van der Waals surface area contributed by atoms with E-state index in [1.807, 2.05) is 24.3 Å². The van der Waals surface area contributed by atoms with Crippen molar-refractivity contribution in [2.75, 3.05) is 12.4 Å². The number of ether oxygens (including phenoxy) is 1. The Hall–Kier alpha value is -2.14. The second-order valence-electron chi connectivity index (χ2n) is 5.61. The lowest BCUT2D eigenvalue weighted by Gasteiger charge is -2.16. The number of halogens is 1. The van der Waals surface area contributed by atoms with Gasteiger partial charge in [-0.25, -0.2) is 4.79 Å². The number of amides is 1. The number of hydrogen-bond donors (Lipinski definition) is 1. The Bertz CT molecular complexity index is 734. The van der Waals surface area contributed by atoms with Crippen LogP contribution in [0.4, 0.5) is 5.69 Å². The molecule has 1 aliphatic rings. The Balaban J connectivity index is 1.74. The lowest BCUT2D eigenvalue weighted by molar-refractivity contribution is -0.118. The smallest absolute Gasteiger partial charge is 0.337 e. The quantitative estimate of drug-likeness (QED) is 0.826. The van der Waals surface area contributed by atoms with E-state index in [2.05, 4.69) is 26.0 Å². The third-order valence-corrected chi connectivity index (χ3v) is 4.67. The number of carbonyl (C=O) groups excluding carboxylic acids is 2. The molecule has 0 saturated heterocycles. The van der Waals surface area contributed by atoms with Crippen molar-refractivity contribution in [3.8, 4) is 0 Å². The summed E-state index contributed by atoms with van der Waals surface area (Å²) in [5, 5.41) is 2.94. The maximum atomic E-state index is 12.6. The van der Waals surface area contributed by atoms with E-state index < -0.39 is 11.4 Å². The predicted molar refractivity (Wildman–Crippen MR) is 91.5 cm³/mol. The lowest BCUT2D eigenvalue weighted by Crippen LogP contribution is -2.27. The van der Waals surface area contributed by atoms with Crippen LogP contribution in [0.3, 0.4) is 0 Å². The molecule has 1 fully saturated rings. The summed E-state index contributed by atoms with van der Waals surface area (Å²) in [7, 11) is 1.34. The van der Waals surface area contributed by atoms with E-state index >= 15 is 0 Å². The molecule has 0 aromatic heterocycles. The molecular formula is C18H16BrNO3. The minimum atomic E-state index is -0.429. The van der Waals surface area contributed by atoms with Crippen molar-refractivity contribution in [3.05, 3.63) is 64.1 Å². The first-order valence-electron chi connectivity index (χ1n) is 7.31. The van der Waals surface area contributed by atoms with Gasteiger partial charge in [0.2, 0.25) is 5.91 Å². The number of benzene rings is 2. The number of nitrogens with one attached hydrogen (secondary N) is 1. The number of anilines is 1. The Morgan fingerprint density at radius 2 is 1.65 bits per heavy atom. The molecular weight excluding hydrogens is 358 g/mol. The number of methoxy groups -OCH3 is 1. The number of hydrogen-bond acceptors (Lipinski definition) is 3. The summed E-state index contributed by atoms with van der Waals surface area (Å²) in [4.78, 5) is 24.1. The van der Waals surface area contributed by atoms with Crippen molar-refractivity contribution >= 4 is 33.5 Å². The summed E-state index contributed by atoms with van der Waals surface area (Å²) in [5.74, 6) is -0.401. The Kier molecular flexibility index (Phi) is 4.22. The van der Waals surface area contributed by atoms with Crippen LogP contribution in [0.15, 0.2) is 53.0 Å². The van der Waals surface area contributed by atoms with Crippen LogP contribution in [0.5, 0.6) is 0 Å². The zero-order valence-electron chi connectivity index (χ0n) is 12.6. The minimum Gasteiger partial charge on any atom is -0.465 e. The monoisotopic (exact) mass is 373 g/mol. The van der Waals surface area contributed by atoms with Crippen LogP contribution in [-0.2, 0) is 14.9 Å². The zero-order chi connectivity index (χ0) is 16.4. The van der Waals surface area contributed by atoms with E-state index in [0.717, 1.165) is 22.9 Å². The summed E-state index contributed by atoms with van der Waals surface area (Å²) < 4.78 is 5.65. The molecule has 1 aliphatic carbocycles. The summed E-state index contributed by atoms with van der Waals surface area (Å²) in [6.07, 6.45) is 1.70. The molecule has 5 heteroatoms.